The van der Waals surface area contributed by atoms with Crippen molar-refractivity contribution in [2.24, 2.45) is 0 Å². The summed E-state index contributed by atoms with van der Waals surface area (Å²) in [4.78, 5) is 13.4. The van der Waals surface area contributed by atoms with Gasteiger partial charge < -0.3 is 15.3 Å². The minimum atomic E-state index is -0.551. The molecule has 2 aliphatic heterocycles. The Kier molecular flexibility index (Phi) is 4.90. The lowest BCUT2D eigenvalue weighted by atomic mass is 9.93. The summed E-state index contributed by atoms with van der Waals surface area (Å²) in [6.45, 7) is 8.53. The number of hydrogen-bond donors (Lipinski definition) is 2. The van der Waals surface area contributed by atoms with Gasteiger partial charge in [0.05, 0.1) is 5.60 Å². The predicted molar refractivity (Wildman–Crippen MR) is 87.1 cm³/mol. The fourth-order valence-electron chi connectivity index (χ4n) is 3.39. The smallest absolute Gasteiger partial charge is 0.132 e. The highest BCUT2D eigenvalue weighted by Crippen LogP contribution is 2.20. The number of aliphatic hydroxyl groups is 1. The van der Waals surface area contributed by atoms with Crippen LogP contribution in [0, 0.1) is 0 Å². The van der Waals surface area contributed by atoms with E-state index in [4.69, 9.17) is 0 Å². The van der Waals surface area contributed by atoms with Gasteiger partial charge in [0.25, 0.3) is 0 Å². The molecule has 3 heterocycles. The molecule has 0 radical (unpaired) electrons. The van der Waals surface area contributed by atoms with Crippen LogP contribution in [0.5, 0.6) is 0 Å². The Morgan fingerprint density at radius 1 is 1.27 bits per heavy atom. The molecule has 0 spiro atoms. The van der Waals surface area contributed by atoms with Crippen molar-refractivity contribution in [3.8, 4) is 0 Å². The molecule has 2 N–H and O–H groups in total. The zero-order valence-corrected chi connectivity index (χ0v) is 13.5. The number of anilines is 1. The summed E-state index contributed by atoms with van der Waals surface area (Å²) in [6, 6.07) is 2.09. The Balaban J connectivity index is 1.53. The van der Waals surface area contributed by atoms with Gasteiger partial charge in [-0.25, -0.2) is 9.97 Å². The number of aromatic nitrogens is 2. The number of aryl methyl sites for hydroxylation is 1. The molecule has 1 atom stereocenters. The highest BCUT2D eigenvalue weighted by atomic mass is 16.3. The Labute approximate surface area is 132 Å². The van der Waals surface area contributed by atoms with Crippen molar-refractivity contribution < 1.29 is 5.11 Å². The predicted octanol–water partition coefficient (Wildman–Crippen LogP) is 0.276. The van der Waals surface area contributed by atoms with Crippen LogP contribution in [-0.2, 0) is 6.42 Å². The summed E-state index contributed by atoms with van der Waals surface area (Å²) < 4.78 is 0. The third kappa shape index (κ3) is 3.74. The number of rotatable bonds is 4. The Morgan fingerprint density at radius 2 is 2.09 bits per heavy atom. The number of nitrogens with one attached hydrogen (secondary N) is 1. The van der Waals surface area contributed by atoms with Crippen molar-refractivity contribution in [1.82, 2.24) is 20.2 Å². The van der Waals surface area contributed by atoms with E-state index in [2.05, 4.69) is 38.1 Å². The second-order valence-corrected chi connectivity index (χ2v) is 6.49. The van der Waals surface area contributed by atoms with Crippen LogP contribution < -0.4 is 10.2 Å². The normalized spacial score (nSPS) is 27.1. The maximum atomic E-state index is 10.6. The Bertz CT molecular complexity index is 481. The van der Waals surface area contributed by atoms with Crippen molar-refractivity contribution in [2.75, 3.05) is 50.7 Å². The first-order chi connectivity index (χ1) is 10.7. The monoisotopic (exact) mass is 305 g/mol. The van der Waals surface area contributed by atoms with E-state index >= 15 is 0 Å². The van der Waals surface area contributed by atoms with Crippen LogP contribution in [0.15, 0.2) is 12.4 Å². The minimum absolute atomic E-state index is 0.551. The standard InChI is InChI=1S/C16H27N5O/c1-2-14-10-15(19-13-18-14)21-8-6-20(7-9-21)12-16(22)4-3-5-17-11-16/h10,13,17,22H,2-9,11-12H2,1H3. The number of nitrogens with zero attached hydrogens (tertiary/aromatic N) is 4. The lowest BCUT2D eigenvalue weighted by molar-refractivity contribution is -0.0164. The van der Waals surface area contributed by atoms with E-state index in [1.54, 1.807) is 6.33 Å². The van der Waals surface area contributed by atoms with Gasteiger partial charge in [0.1, 0.15) is 12.1 Å². The van der Waals surface area contributed by atoms with Crippen LogP contribution in [0.1, 0.15) is 25.5 Å². The van der Waals surface area contributed by atoms with Gasteiger partial charge in [-0.05, 0) is 25.8 Å². The summed E-state index contributed by atoms with van der Waals surface area (Å²) in [7, 11) is 0. The topological polar surface area (TPSA) is 64.5 Å². The number of piperidine rings is 1. The molecule has 1 aromatic heterocycles. The van der Waals surface area contributed by atoms with Gasteiger partial charge in [0, 0.05) is 51.0 Å². The highest BCUT2D eigenvalue weighted by molar-refractivity contribution is 5.39. The summed E-state index contributed by atoms with van der Waals surface area (Å²) >= 11 is 0. The van der Waals surface area contributed by atoms with Crippen LogP contribution in [0.4, 0.5) is 5.82 Å². The fraction of sp³-hybridized carbons (Fsp3) is 0.750. The summed E-state index contributed by atoms with van der Waals surface area (Å²) in [5.41, 5.74) is 0.542. The van der Waals surface area contributed by atoms with Gasteiger partial charge in [0.15, 0.2) is 0 Å². The molecule has 122 valence electrons. The lowest BCUT2D eigenvalue weighted by Gasteiger charge is -2.41. The van der Waals surface area contributed by atoms with Crippen LogP contribution in [0.25, 0.3) is 0 Å². The van der Waals surface area contributed by atoms with Crippen molar-refractivity contribution >= 4 is 5.82 Å². The molecule has 3 rings (SSSR count). The third-order valence-corrected chi connectivity index (χ3v) is 4.74. The van der Waals surface area contributed by atoms with Crippen molar-refractivity contribution in [3.63, 3.8) is 0 Å². The summed E-state index contributed by atoms with van der Waals surface area (Å²) in [5, 5.41) is 13.9. The second kappa shape index (κ2) is 6.89. The van der Waals surface area contributed by atoms with Crippen LogP contribution in [0.2, 0.25) is 0 Å². The van der Waals surface area contributed by atoms with Crippen LogP contribution in [0.3, 0.4) is 0 Å². The van der Waals surface area contributed by atoms with E-state index in [1.807, 2.05) is 0 Å². The van der Waals surface area contributed by atoms with Crippen molar-refractivity contribution in [2.45, 2.75) is 31.8 Å². The molecule has 1 aromatic rings. The second-order valence-electron chi connectivity index (χ2n) is 6.49. The molecule has 0 amide bonds. The summed E-state index contributed by atoms with van der Waals surface area (Å²) in [5.74, 6) is 1.03. The van der Waals surface area contributed by atoms with Gasteiger partial charge in [-0.2, -0.15) is 0 Å². The van der Waals surface area contributed by atoms with Gasteiger partial charge in [0.2, 0.25) is 0 Å². The molecule has 0 bridgehead atoms. The zero-order valence-electron chi connectivity index (χ0n) is 13.5. The molecule has 6 heteroatoms. The van der Waals surface area contributed by atoms with Gasteiger partial charge >= 0.3 is 0 Å². The largest absolute Gasteiger partial charge is 0.387 e. The van der Waals surface area contributed by atoms with Crippen molar-refractivity contribution in [1.29, 1.82) is 0 Å². The van der Waals surface area contributed by atoms with Crippen LogP contribution in [-0.4, -0.2) is 71.4 Å². The quantitative estimate of drug-likeness (QED) is 0.833. The molecule has 22 heavy (non-hydrogen) atoms. The van der Waals surface area contributed by atoms with E-state index in [0.29, 0.717) is 0 Å². The Morgan fingerprint density at radius 3 is 2.77 bits per heavy atom. The van der Waals surface area contributed by atoms with E-state index < -0.39 is 5.60 Å². The number of hydrogen-bond acceptors (Lipinski definition) is 6. The molecule has 0 aromatic carbocycles. The first-order valence-corrected chi connectivity index (χ1v) is 8.40. The van der Waals surface area contributed by atoms with E-state index in [-0.39, 0.29) is 0 Å². The average molecular weight is 305 g/mol. The molecule has 2 fully saturated rings. The molecule has 6 nitrogen and oxygen atoms in total. The lowest BCUT2D eigenvalue weighted by Crippen LogP contribution is -2.56. The first kappa shape index (κ1) is 15.6. The van der Waals surface area contributed by atoms with Crippen LogP contribution >= 0.6 is 0 Å². The molecule has 0 aliphatic carbocycles. The molecule has 0 saturated carbocycles. The van der Waals surface area contributed by atoms with Gasteiger partial charge in [-0.3, -0.25) is 4.90 Å². The highest BCUT2D eigenvalue weighted by Gasteiger charge is 2.32. The van der Waals surface area contributed by atoms with E-state index in [0.717, 1.165) is 76.6 Å². The average Bonchev–Trinajstić information content (AvgIpc) is 2.56. The fourth-order valence-corrected chi connectivity index (χ4v) is 3.39. The number of β-amino-alcohol motifs (C(OH)–C–C–N with tert-alkyl or cyclic N) is 1. The minimum Gasteiger partial charge on any atom is -0.387 e. The van der Waals surface area contributed by atoms with Crippen molar-refractivity contribution in [3.05, 3.63) is 18.1 Å². The molecule has 2 aliphatic rings. The van der Waals surface area contributed by atoms with Gasteiger partial charge in [-0.1, -0.05) is 6.92 Å². The Hall–Kier alpha value is -1.24. The SMILES string of the molecule is CCc1cc(N2CCN(CC3(O)CCCNC3)CC2)ncn1. The third-order valence-electron chi connectivity index (χ3n) is 4.74. The maximum Gasteiger partial charge on any atom is 0.132 e. The van der Waals surface area contributed by atoms with E-state index in [1.165, 1.54) is 0 Å². The molecular formula is C16H27N5O. The van der Waals surface area contributed by atoms with E-state index in [9.17, 15) is 5.11 Å². The maximum absolute atomic E-state index is 10.6. The molecule has 2 saturated heterocycles. The first-order valence-electron chi connectivity index (χ1n) is 8.40. The molecular weight excluding hydrogens is 278 g/mol. The summed E-state index contributed by atoms with van der Waals surface area (Å²) in [6.07, 6.45) is 4.58. The number of piperazine rings is 1. The zero-order chi connectivity index (χ0) is 15.4. The molecule has 1 unspecified atom stereocenters. The van der Waals surface area contributed by atoms with Gasteiger partial charge in [-0.15, -0.1) is 0 Å².